The van der Waals surface area contributed by atoms with E-state index < -0.39 is 53.8 Å². The van der Waals surface area contributed by atoms with Crippen LogP contribution in [0.25, 0.3) is 0 Å². The van der Waals surface area contributed by atoms with E-state index in [1.165, 1.54) is 20.8 Å². The van der Waals surface area contributed by atoms with Crippen LogP contribution in [0.5, 0.6) is 0 Å². The molecule has 30 heavy (non-hydrogen) atoms. The van der Waals surface area contributed by atoms with E-state index in [9.17, 15) is 28.8 Å². The maximum Gasteiger partial charge on any atom is 0.325 e. The first kappa shape index (κ1) is 24.1. The number of rotatable bonds is 9. The minimum Gasteiger partial charge on any atom is -0.480 e. The summed E-state index contributed by atoms with van der Waals surface area (Å²) in [6.45, 7) is 3.61. The Labute approximate surface area is 170 Å². The number of carboxylic acids is 3. The SMILES string of the molecule is C[C@H](NC(=O)c1cc(C(=O)N[C@@H](C)C(=O)O)cc(C(=O)N[C@@H](C)C(=O)O)c1)C(=O)O. The molecule has 12 heteroatoms. The highest BCUT2D eigenvalue weighted by atomic mass is 16.4. The molecule has 3 amide bonds. The van der Waals surface area contributed by atoms with Crippen molar-refractivity contribution in [3.8, 4) is 0 Å². The third-order valence-electron chi connectivity index (χ3n) is 3.87. The van der Waals surface area contributed by atoms with Crippen LogP contribution in [-0.2, 0) is 14.4 Å². The Morgan fingerprint density at radius 1 is 0.567 bits per heavy atom. The first-order valence-electron chi connectivity index (χ1n) is 8.59. The predicted octanol–water partition coefficient (Wildman–Crippen LogP) is -0.705. The molecule has 0 aliphatic rings. The Morgan fingerprint density at radius 3 is 0.933 bits per heavy atom. The molecule has 0 saturated heterocycles. The Kier molecular flexibility index (Phi) is 8.03. The van der Waals surface area contributed by atoms with Crippen LogP contribution in [0.2, 0.25) is 0 Å². The Balaban J connectivity index is 3.32. The molecule has 0 fully saturated rings. The second kappa shape index (κ2) is 10.0. The van der Waals surface area contributed by atoms with E-state index in [0.29, 0.717) is 0 Å². The van der Waals surface area contributed by atoms with Gasteiger partial charge in [0.2, 0.25) is 0 Å². The lowest BCUT2D eigenvalue weighted by Crippen LogP contribution is -2.40. The van der Waals surface area contributed by atoms with Gasteiger partial charge in [-0.3, -0.25) is 28.8 Å². The van der Waals surface area contributed by atoms with Gasteiger partial charge in [0.15, 0.2) is 0 Å². The molecular weight excluding hydrogens is 402 g/mol. The van der Waals surface area contributed by atoms with E-state index >= 15 is 0 Å². The summed E-state index contributed by atoms with van der Waals surface area (Å²) < 4.78 is 0. The van der Waals surface area contributed by atoms with Crippen LogP contribution in [0.1, 0.15) is 51.8 Å². The molecule has 0 aliphatic carbocycles. The van der Waals surface area contributed by atoms with Gasteiger partial charge in [0.25, 0.3) is 17.7 Å². The van der Waals surface area contributed by atoms with Crippen molar-refractivity contribution in [3.63, 3.8) is 0 Å². The molecule has 0 radical (unpaired) electrons. The number of amides is 3. The molecule has 0 aliphatic heterocycles. The number of carboxylic acid groups (broad SMARTS) is 3. The van der Waals surface area contributed by atoms with E-state index in [0.717, 1.165) is 18.2 Å². The topological polar surface area (TPSA) is 199 Å². The Bertz CT molecular complexity index is 770. The van der Waals surface area contributed by atoms with Gasteiger partial charge >= 0.3 is 17.9 Å². The van der Waals surface area contributed by atoms with Crippen molar-refractivity contribution in [1.82, 2.24) is 16.0 Å². The molecule has 0 aromatic heterocycles. The minimum absolute atomic E-state index is 0.258. The van der Waals surface area contributed by atoms with Gasteiger partial charge in [-0.1, -0.05) is 0 Å². The van der Waals surface area contributed by atoms with Gasteiger partial charge in [0.1, 0.15) is 18.1 Å². The van der Waals surface area contributed by atoms with Crippen LogP contribution in [0, 0.1) is 0 Å². The maximum absolute atomic E-state index is 12.3. The van der Waals surface area contributed by atoms with Crippen LogP contribution in [0.15, 0.2) is 18.2 Å². The largest absolute Gasteiger partial charge is 0.480 e. The summed E-state index contributed by atoms with van der Waals surface area (Å²) in [5, 5.41) is 33.2. The molecule has 0 saturated carbocycles. The van der Waals surface area contributed by atoms with Crippen molar-refractivity contribution in [2.24, 2.45) is 0 Å². The highest BCUT2D eigenvalue weighted by Crippen LogP contribution is 2.12. The van der Waals surface area contributed by atoms with Crippen molar-refractivity contribution in [2.75, 3.05) is 0 Å². The molecule has 6 N–H and O–H groups in total. The van der Waals surface area contributed by atoms with Gasteiger partial charge < -0.3 is 31.3 Å². The zero-order chi connectivity index (χ0) is 23.2. The van der Waals surface area contributed by atoms with Gasteiger partial charge in [-0.25, -0.2) is 0 Å². The summed E-state index contributed by atoms with van der Waals surface area (Å²) in [6.07, 6.45) is 0. The van der Waals surface area contributed by atoms with Gasteiger partial charge in [-0.05, 0) is 39.0 Å². The summed E-state index contributed by atoms with van der Waals surface area (Å²) in [5.74, 6) is -6.69. The Morgan fingerprint density at radius 2 is 0.767 bits per heavy atom. The second-order valence-corrected chi connectivity index (χ2v) is 6.40. The summed E-state index contributed by atoms with van der Waals surface area (Å²) in [7, 11) is 0. The van der Waals surface area contributed by atoms with E-state index in [1.807, 2.05) is 0 Å². The van der Waals surface area contributed by atoms with E-state index in [1.54, 1.807) is 0 Å². The van der Waals surface area contributed by atoms with Gasteiger partial charge in [0, 0.05) is 16.7 Å². The van der Waals surface area contributed by atoms with Crippen molar-refractivity contribution >= 4 is 35.6 Å². The van der Waals surface area contributed by atoms with Crippen LogP contribution in [0.3, 0.4) is 0 Å². The van der Waals surface area contributed by atoms with Gasteiger partial charge in [-0.2, -0.15) is 0 Å². The number of carbonyl (C=O) groups is 6. The minimum atomic E-state index is -1.32. The van der Waals surface area contributed by atoms with E-state index in [-0.39, 0.29) is 16.7 Å². The maximum atomic E-state index is 12.3. The third kappa shape index (κ3) is 6.58. The fraction of sp³-hybridized carbons (Fsp3) is 0.333. The van der Waals surface area contributed by atoms with Gasteiger partial charge in [0.05, 0.1) is 0 Å². The molecule has 3 atom stereocenters. The fourth-order valence-electron chi connectivity index (χ4n) is 2.05. The quantitative estimate of drug-likeness (QED) is 0.297. The second-order valence-electron chi connectivity index (χ2n) is 6.40. The van der Waals surface area contributed by atoms with E-state index in [4.69, 9.17) is 15.3 Å². The average Bonchev–Trinajstić information content (AvgIpc) is 2.66. The fourth-order valence-corrected chi connectivity index (χ4v) is 2.05. The number of nitrogens with one attached hydrogen (secondary N) is 3. The summed E-state index contributed by atoms with van der Waals surface area (Å²) >= 11 is 0. The van der Waals surface area contributed by atoms with Gasteiger partial charge in [-0.15, -0.1) is 0 Å². The number of aliphatic carboxylic acids is 3. The summed E-state index contributed by atoms with van der Waals surface area (Å²) in [6, 6.07) is -0.675. The molecule has 0 bridgehead atoms. The molecule has 1 aromatic carbocycles. The standard InChI is InChI=1S/C18H21N3O9/c1-7(16(25)26)19-13(22)10-4-11(14(23)20-8(2)17(27)28)6-12(5-10)15(24)21-9(3)18(29)30/h4-9H,1-3H3,(H,19,22)(H,20,23)(H,21,24)(H,25,26)(H,27,28)(H,29,30)/t7-,8-,9-/m0/s1. The molecular formula is C18H21N3O9. The highest BCUT2D eigenvalue weighted by molar-refractivity contribution is 6.06. The molecule has 0 unspecified atom stereocenters. The monoisotopic (exact) mass is 423 g/mol. The van der Waals surface area contributed by atoms with Crippen molar-refractivity contribution in [3.05, 3.63) is 34.9 Å². The zero-order valence-corrected chi connectivity index (χ0v) is 16.3. The molecule has 0 heterocycles. The van der Waals surface area contributed by atoms with Crippen molar-refractivity contribution < 1.29 is 44.1 Å². The molecule has 0 spiro atoms. The summed E-state index contributed by atoms with van der Waals surface area (Å²) in [4.78, 5) is 69.8. The van der Waals surface area contributed by atoms with E-state index in [2.05, 4.69) is 16.0 Å². The lowest BCUT2D eigenvalue weighted by atomic mass is 10.0. The predicted molar refractivity (Wildman–Crippen MR) is 100 cm³/mol. The molecule has 1 aromatic rings. The van der Waals surface area contributed by atoms with Crippen LogP contribution in [0.4, 0.5) is 0 Å². The Hall–Kier alpha value is -3.96. The van der Waals surface area contributed by atoms with Crippen molar-refractivity contribution in [2.45, 2.75) is 38.9 Å². The normalized spacial score (nSPS) is 13.3. The van der Waals surface area contributed by atoms with Crippen LogP contribution < -0.4 is 16.0 Å². The zero-order valence-electron chi connectivity index (χ0n) is 16.3. The number of benzene rings is 1. The smallest absolute Gasteiger partial charge is 0.325 e. The van der Waals surface area contributed by atoms with Crippen LogP contribution in [-0.4, -0.2) is 69.1 Å². The average molecular weight is 423 g/mol. The van der Waals surface area contributed by atoms with Crippen LogP contribution >= 0.6 is 0 Å². The number of hydrogen-bond acceptors (Lipinski definition) is 6. The molecule has 162 valence electrons. The summed E-state index contributed by atoms with van der Waals surface area (Å²) in [5.41, 5.74) is -0.773. The highest BCUT2D eigenvalue weighted by Gasteiger charge is 2.22. The molecule has 1 rings (SSSR count). The first-order valence-corrected chi connectivity index (χ1v) is 8.59. The van der Waals surface area contributed by atoms with Crippen molar-refractivity contribution in [1.29, 1.82) is 0 Å². The molecule has 12 nitrogen and oxygen atoms in total. The number of carbonyl (C=O) groups excluding carboxylic acids is 3. The first-order chi connectivity index (χ1) is 13.8. The lowest BCUT2D eigenvalue weighted by Gasteiger charge is -2.14. The third-order valence-corrected chi connectivity index (χ3v) is 3.87. The number of hydrogen-bond donors (Lipinski definition) is 6. The lowest BCUT2D eigenvalue weighted by molar-refractivity contribution is -0.139.